The molecule has 0 saturated carbocycles. The lowest BCUT2D eigenvalue weighted by Gasteiger charge is -2.09. The van der Waals surface area contributed by atoms with Crippen molar-refractivity contribution >= 4 is 28.5 Å². The fourth-order valence-electron chi connectivity index (χ4n) is 2.70. The highest BCUT2D eigenvalue weighted by atomic mass is 16.5. The number of amides is 1. The number of carbonyl (C=O) groups excluding carboxylic acids is 2. The number of hydrogen-bond donors (Lipinski definition) is 1. The minimum Gasteiger partial charge on any atom is -0.452 e. The molecule has 0 unspecified atom stereocenters. The van der Waals surface area contributed by atoms with E-state index in [1.165, 1.54) is 6.33 Å². The van der Waals surface area contributed by atoms with E-state index in [-0.39, 0.29) is 6.61 Å². The van der Waals surface area contributed by atoms with E-state index in [0.29, 0.717) is 11.3 Å². The maximum Gasteiger partial charge on any atom is 0.338 e. The minimum absolute atomic E-state index is 0.339. The number of rotatable bonds is 5. The van der Waals surface area contributed by atoms with Gasteiger partial charge in [0.2, 0.25) is 0 Å². The average Bonchev–Trinajstić information content (AvgIpc) is 3.27. The number of fused-ring (bicyclic) bond motifs is 1. The number of carbonyl (C=O) groups is 2. The van der Waals surface area contributed by atoms with Crippen molar-refractivity contribution in [3.8, 4) is 5.69 Å². The molecule has 8 nitrogen and oxygen atoms in total. The molecular formula is C20H15N5O3. The van der Waals surface area contributed by atoms with Crippen LogP contribution in [0.2, 0.25) is 0 Å². The Hall–Kier alpha value is -4.07. The maximum atomic E-state index is 12.2. The van der Waals surface area contributed by atoms with E-state index in [1.54, 1.807) is 59.7 Å². The number of ether oxygens (including phenoxy) is 1. The van der Waals surface area contributed by atoms with Crippen molar-refractivity contribution in [2.24, 2.45) is 0 Å². The Morgan fingerprint density at radius 2 is 1.89 bits per heavy atom. The number of pyridine rings is 1. The van der Waals surface area contributed by atoms with Crippen LogP contribution in [0.5, 0.6) is 0 Å². The van der Waals surface area contributed by atoms with Crippen LogP contribution in [0.1, 0.15) is 10.4 Å². The van der Waals surface area contributed by atoms with Gasteiger partial charge in [-0.15, -0.1) is 0 Å². The molecular weight excluding hydrogens is 358 g/mol. The molecule has 1 N–H and O–H groups in total. The van der Waals surface area contributed by atoms with E-state index in [4.69, 9.17) is 4.74 Å². The van der Waals surface area contributed by atoms with Crippen LogP contribution >= 0.6 is 0 Å². The summed E-state index contributed by atoms with van der Waals surface area (Å²) in [5.74, 6) is -1.01. The summed E-state index contributed by atoms with van der Waals surface area (Å²) in [5.41, 5.74) is 2.48. The number of esters is 1. The van der Waals surface area contributed by atoms with Crippen molar-refractivity contribution in [1.29, 1.82) is 0 Å². The molecule has 0 aliphatic carbocycles. The summed E-state index contributed by atoms with van der Waals surface area (Å²) < 4.78 is 6.67. The second-order valence-electron chi connectivity index (χ2n) is 5.89. The lowest BCUT2D eigenvalue weighted by molar-refractivity contribution is -0.119. The summed E-state index contributed by atoms with van der Waals surface area (Å²) in [7, 11) is 0. The second kappa shape index (κ2) is 7.67. The molecule has 1 amide bonds. The van der Waals surface area contributed by atoms with Gasteiger partial charge in [0.15, 0.2) is 6.61 Å². The molecule has 0 fully saturated rings. The molecule has 2 aromatic carbocycles. The monoisotopic (exact) mass is 373 g/mol. The average molecular weight is 373 g/mol. The van der Waals surface area contributed by atoms with Crippen molar-refractivity contribution in [3.63, 3.8) is 0 Å². The first-order chi connectivity index (χ1) is 13.7. The molecule has 0 radical (unpaired) electrons. The predicted octanol–water partition coefficient (Wildman–Crippen LogP) is 2.61. The van der Waals surface area contributed by atoms with E-state index in [2.05, 4.69) is 20.4 Å². The molecule has 0 aliphatic rings. The van der Waals surface area contributed by atoms with Crippen molar-refractivity contribution in [1.82, 2.24) is 19.7 Å². The van der Waals surface area contributed by atoms with Gasteiger partial charge in [-0.2, -0.15) is 5.10 Å². The topological polar surface area (TPSA) is 99.0 Å². The van der Waals surface area contributed by atoms with Crippen LogP contribution in [-0.4, -0.2) is 38.2 Å². The normalized spacial score (nSPS) is 10.6. The second-order valence-corrected chi connectivity index (χ2v) is 5.89. The van der Waals surface area contributed by atoms with Gasteiger partial charge in [0.25, 0.3) is 5.91 Å². The van der Waals surface area contributed by atoms with Crippen molar-refractivity contribution in [2.75, 3.05) is 11.9 Å². The molecule has 28 heavy (non-hydrogen) atoms. The van der Waals surface area contributed by atoms with Crippen molar-refractivity contribution in [2.45, 2.75) is 0 Å². The zero-order valence-electron chi connectivity index (χ0n) is 14.6. The lowest BCUT2D eigenvalue weighted by atomic mass is 10.2. The van der Waals surface area contributed by atoms with Crippen LogP contribution in [0, 0.1) is 0 Å². The highest BCUT2D eigenvalue weighted by molar-refractivity contribution is 6.02. The fraction of sp³-hybridized carbons (Fsp3) is 0.0500. The first-order valence-electron chi connectivity index (χ1n) is 8.46. The Morgan fingerprint density at radius 3 is 2.68 bits per heavy atom. The standard InChI is InChI=1S/C20H15N5O3/c26-19(24-18-5-1-4-17-16(18)3-2-10-22-17)11-28-20(27)14-6-8-15(9-7-14)25-13-21-12-23-25/h1-10,12-13H,11H2,(H,24,26). The summed E-state index contributed by atoms with van der Waals surface area (Å²) in [5, 5.41) is 7.57. The van der Waals surface area contributed by atoms with Gasteiger partial charge in [-0.1, -0.05) is 6.07 Å². The predicted molar refractivity (Wildman–Crippen MR) is 102 cm³/mol. The van der Waals surface area contributed by atoms with Gasteiger partial charge in [-0.05, 0) is 48.5 Å². The Bertz CT molecular complexity index is 1120. The molecule has 4 rings (SSSR count). The van der Waals surface area contributed by atoms with Gasteiger partial charge >= 0.3 is 5.97 Å². The van der Waals surface area contributed by atoms with Gasteiger partial charge in [-0.3, -0.25) is 9.78 Å². The Balaban J connectivity index is 1.37. The number of benzene rings is 2. The third kappa shape index (κ3) is 3.70. The number of anilines is 1. The Morgan fingerprint density at radius 1 is 1.04 bits per heavy atom. The van der Waals surface area contributed by atoms with Crippen LogP contribution in [0.4, 0.5) is 5.69 Å². The minimum atomic E-state index is -0.583. The highest BCUT2D eigenvalue weighted by Crippen LogP contribution is 2.21. The van der Waals surface area contributed by atoms with Crippen LogP contribution in [0.3, 0.4) is 0 Å². The largest absolute Gasteiger partial charge is 0.452 e. The van der Waals surface area contributed by atoms with Crippen molar-refractivity contribution in [3.05, 3.63) is 79.0 Å². The third-order valence-electron chi connectivity index (χ3n) is 4.04. The molecule has 8 heteroatoms. The Labute approximate surface area is 159 Å². The summed E-state index contributed by atoms with van der Waals surface area (Å²) >= 11 is 0. The fourth-order valence-corrected chi connectivity index (χ4v) is 2.70. The van der Waals surface area contributed by atoms with E-state index >= 15 is 0 Å². The van der Waals surface area contributed by atoms with Gasteiger partial charge in [-0.25, -0.2) is 14.5 Å². The van der Waals surface area contributed by atoms with Gasteiger partial charge in [0.1, 0.15) is 12.7 Å². The zero-order valence-corrected chi connectivity index (χ0v) is 14.6. The lowest BCUT2D eigenvalue weighted by Crippen LogP contribution is -2.21. The van der Waals surface area contributed by atoms with E-state index < -0.39 is 11.9 Å². The van der Waals surface area contributed by atoms with Crippen LogP contribution in [0.25, 0.3) is 16.6 Å². The Kier molecular flexibility index (Phi) is 4.75. The first kappa shape index (κ1) is 17.3. The van der Waals surface area contributed by atoms with Gasteiger partial charge < -0.3 is 10.1 Å². The van der Waals surface area contributed by atoms with Crippen LogP contribution in [0.15, 0.2) is 73.4 Å². The summed E-state index contributed by atoms with van der Waals surface area (Å²) in [4.78, 5) is 32.5. The molecule has 0 bridgehead atoms. The highest BCUT2D eigenvalue weighted by Gasteiger charge is 2.12. The molecule has 4 aromatic rings. The zero-order chi connectivity index (χ0) is 19.3. The quantitative estimate of drug-likeness (QED) is 0.540. The number of hydrogen-bond acceptors (Lipinski definition) is 6. The van der Waals surface area contributed by atoms with E-state index in [1.807, 2.05) is 12.1 Å². The maximum absolute atomic E-state index is 12.2. The van der Waals surface area contributed by atoms with E-state index in [9.17, 15) is 9.59 Å². The third-order valence-corrected chi connectivity index (χ3v) is 4.04. The molecule has 0 atom stereocenters. The molecule has 2 aromatic heterocycles. The smallest absolute Gasteiger partial charge is 0.338 e. The van der Waals surface area contributed by atoms with Crippen LogP contribution < -0.4 is 5.32 Å². The van der Waals surface area contributed by atoms with E-state index in [0.717, 1.165) is 16.6 Å². The number of nitrogens with one attached hydrogen (secondary N) is 1. The molecule has 0 saturated heterocycles. The molecule has 0 spiro atoms. The molecule has 0 aliphatic heterocycles. The molecule has 2 heterocycles. The van der Waals surface area contributed by atoms with Crippen molar-refractivity contribution < 1.29 is 14.3 Å². The summed E-state index contributed by atoms with van der Waals surface area (Å²) in [6, 6.07) is 15.7. The first-order valence-corrected chi connectivity index (χ1v) is 8.46. The summed E-state index contributed by atoms with van der Waals surface area (Å²) in [6.45, 7) is -0.389. The van der Waals surface area contributed by atoms with Gasteiger partial charge in [0.05, 0.1) is 22.5 Å². The SMILES string of the molecule is O=C(COC(=O)c1ccc(-n2cncn2)cc1)Nc1cccc2ncccc12. The van der Waals surface area contributed by atoms with Gasteiger partial charge in [0, 0.05) is 11.6 Å². The number of nitrogens with zero attached hydrogens (tertiary/aromatic N) is 4. The van der Waals surface area contributed by atoms with Crippen LogP contribution in [-0.2, 0) is 9.53 Å². The molecule has 138 valence electrons. The number of aromatic nitrogens is 4. The summed E-state index contributed by atoms with van der Waals surface area (Å²) in [6.07, 6.45) is 4.66.